The smallest absolute Gasteiger partial charge is 0.335 e. The molecule has 0 aromatic rings. The maximum absolute atomic E-state index is 11.1. The van der Waals surface area contributed by atoms with Crippen molar-refractivity contribution in [1.82, 2.24) is 0 Å². The first-order valence-electron chi connectivity index (χ1n) is 7.14. The van der Waals surface area contributed by atoms with Crippen LogP contribution < -0.4 is 0 Å². The van der Waals surface area contributed by atoms with Gasteiger partial charge in [-0.2, -0.15) is 0 Å². The van der Waals surface area contributed by atoms with Gasteiger partial charge in [0.1, 0.15) is 0 Å². The first-order chi connectivity index (χ1) is 9.91. The van der Waals surface area contributed by atoms with Crippen molar-refractivity contribution >= 4 is 11.9 Å². The van der Waals surface area contributed by atoms with E-state index in [9.17, 15) is 9.59 Å². The van der Waals surface area contributed by atoms with Crippen LogP contribution in [0.2, 0.25) is 0 Å². The molecule has 0 saturated carbocycles. The maximum Gasteiger partial charge on any atom is 0.335 e. The van der Waals surface area contributed by atoms with Crippen LogP contribution in [0, 0.1) is 0 Å². The molecule has 4 nitrogen and oxygen atoms in total. The third-order valence-corrected chi connectivity index (χ3v) is 3.39. The van der Waals surface area contributed by atoms with Crippen LogP contribution in [0.4, 0.5) is 0 Å². The van der Waals surface area contributed by atoms with Crippen molar-refractivity contribution in [1.29, 1.82) is 0 Å². The number of carbonyl (C=O) groups is 2. The second kappa shape index (κ2) is 8.25. The molecule has 0 unspecified atom stereocenters. The Hall–Kier alpha value is -2.10. The van der Waals surface area contributed by atoms with Gasteiger partial charge in [-0.05, 0) is 57.1 Å². The molecule has 21 heavy (non-hydrogen) atoms. The molecule has 0 saturated heterocycles. The normalized spacial score (nSPS) is 17.5. The van der Waals surface area contributed by atoms with E-state index < -0.39 is 11.9 Å². The number of hydrogen-bond acceptors (Lipinski definition) is 2. The minimum atomic E-state index is -0.935. The molecule has 0 heterocycles. The highest BCUT2D eigenvalue weighted by Crippen LogP contribution is 2.28. The Morgan fingerprint density at radius 3 is 2.05 bits per heavy atom. The number of aliphatic carboxylic acids is 2. The van der Waals surface area contributed by atoms with E-state index in [1.54, 1.807) is 0 Å². The van der Waals surface area contributed by atoms with Crippen LogP contribution in [-0.4, -0.2) is 22.2 Å². The summed E-state index contributed by atoms with van der Waals surface area (Å²) in [5, 5.41) is 17.0. The van der Waals surface area contributed by atoms with Gasteiger partial charge in [-0.3, -0.25) is 0 Å². The minimum absolute atomic E-state index is 0.176. The number of hydrogen-bond donors (Lipinski definition) is 2. The van der Waals surface area contributed by atoms with E-state index in [0.29, 0.717) is 5.57 Å². The minimum Gasteiger partial charge on any atom is -0.478 e. The molecule has 0 spiro atoms. The van der Waals surface area contributed by atoms with Gasteiger partial charge in [0.25, 0.3) is 0 Å². The van der Waals surface area contributed by atoms with Gasteiger partial charge in [0, 0.05) is 5.57 Å². The summed E-state index contributed by atoms with van der Waals surface area (Å²) in [6, 6.07) is 0. The Balaban J connectivity index is 0.000000315. The first-order valence-corrected chi connectivity index (χ1v) is 7.14. The molecule has 0 bridgehead atoms. The Bertz CT molecular complexity index is 509. The molecule has 0 fully saturated rings. The lowest BCUT2D eigenvalue weighted by Gasteiger charge is -2.03. The third-order valence-electron chi connectivity index (χ3n) is 3.39. The molecule has 2 aliphatic rings. The zero-order valence-corrected chi connectivity index (χ0v) is 12.4. The highest BCUT2D eigenvalue weighted by atomic mass is 16.4. The largest absolute Gasteiger partial charge is 0.478 e. The van der Waals surface area contributed by atoms with Gasteiger partial charge in [0.05, 0.1) is 5.57 Å². The molecule has 0 amide bonds. The summed E-state index contributed by atoms with van der Waals surface area (Å²) in [4.78, 5) is 20.7. The molecular weight excluding hydrogens is 268 g/mol. The van der Waals surface area contributed by atoms with Crippen LogP contribution >= 0.6 is 0 Å². The summed E-state index contributed by atoms with van der Waals surface area (Å²) in [6.45, 7) is 4.60. The summed E-state index contributed by atoms with van der Waals surface area (Å²) in [5.41, 5.74) is 2.91. The van der Waals surface area contributed by atoms with E-state index in [1.165, 1.54) is 12.5 Å². The molecule has 0 atom stereocenters. The average molecular weight is 290 g/mol. The summed E-state index contributed by atoms with van der Waals surface area (Å²) in [5.74, 6) is -1.72. The standard InChI is InChI=1S/C13H16O2.C4H6O2/c14-13(15)12(11-7-3-4-8-11)9-10-5-1-2-6-10;1-3(2)4(5)6/h5,7,9H,1-4,6,8H2,(H,14,15);1H2,2H3,(H,5,6). The highest BCUT2D eigenvalue weighted by molar-refractivity contribution is 5.92. The Labute approximate surface area is 125 Å². The number of rotatable bonds is 4. The quantitative estimate of drug-likeness (QED) is 0.771. The van der Waals surface area contributed by atoms with Gasteiger partial charge in [0.2, 0.25) is 0 Å². The van der Waals surface area contributed by atoms with Gasteiger partial charge in [-0.25, -0.2) is 9.59 Å². The van der Waals surface area contributed by atoms with Gasteiger partial charge in [-0.15, -0.1) is 0 Å². The highest BCUT2D eigenvalue weighted by Gasteiger charge is 2.17. The van der Waals surface area contributed by atoms with Crippen molar-refractivity contribution in [3.8, 4) is 0 Å². The van der Waals surface area contributed by atoms with Crippen molar-refractivity contribution in [2.24, 2.45) is 0 Å². The predicted molar refractivity (Wildman–Crippen MR) is 82.0 cm³/mol. The molecule has 2 aliphatic carbocycles. The lowest BCUT2D eigenvalue weighted by Crippen LogP contribution is -2.03. The second-order valence-electron chi connectivity index (χ2n) is 5.24. The molecule has 0 aliphatic heterocycles. The third kappa shape index (κ3) is 5.81. The first kappa shape index (κ1) is 17.0. The lowest BCUT2D eigenvalue weighted by molar-refractivity contribution is -0.133. The lowest BCUT2D eigenvalue weighted by atomic mass is 10.0. The van der Waals surface area contributed by atoms with Crippen LogP contribution in [-0.2, 0) is 9.59 Å². The Morgan fingerprint density at radius 1 is 1.10 bits per heavy atom. The maximum atomic E-state index is 11.1. The van der Waals surface area contributed by atoms with Crippen molar-refractivity contribution in [3.05, 3.63) is 47.1 Å². The molecular formula is C17H22O4. The van der Waals surface area contributed by atoms with E-state index in [1.807, 2.05) is 6.08 Å². The molecule has 2 rings (SSSR count). The molecule has 2 N–H and O–H groups in total. The van der Waals surface area contributed by atoms with Crippen LogP contribution in [0.5, 0.6) is 0 Å². The number of allylic oxidation sites excluding steroid dienone is 4. The van der Waals surface area contributed by atoms with Crippen LogP contribution in [0.3, 0.4) is 0 Å². The fourth-order valence-corrected chi connectivity index (χ4v) is 2.22. The van der Waals surface area contributed by atoms with Gasteiger partial charge < -0.3 is 10.2 Å². The molecule has 0 aromatic carbocycles. The molecule has 4 heteroatoms. The van der Waals surface area contributed by atoms with E-state index >= 15 is 0 Å². The monoisotopic (exact) mass is 290 g/mol. The van der Waals surface area contributed by atoms with E-state index in [0.717, 1.165) is 44.1 Å². The van der Waals surface area contributed by atoms with Gasteiger partial charge in [0.15, 0.2) is 0 Å². The van der Waals surface area contributed by atoms with Gasteiger partial charge in [-0.1, -0.05) is 24.3 Å². The van der Waals surface area contributed by atoms with Crippen LogP contribution in [0.15, 0.2) is 47.1 Å². The molecule has 0 radical (unpaired) electrons. The summed E-state index contributed by atoms with van der Waals surface area (Å²) in [7, 11) is 0. The van der Waals surface area contributed by atoms with Crippen LogP contribution in [0.1, 0.15) is 45.4 Å². The second-order valence-corrected chi connectivity index (χ2v) is 5.24. The van der Waals surface area contributed by atoms with Crippen LogP contribution in [0.25, 0.3) is 0 Å². The van der Waals surface area contributed by atoms with Crippen molar-refractivity contribution in [2.75, 3.05) is 0 Å². The van der Waals surface area contributed by atoms with E-state index in [2.05, 4.69) is 18.7 Å². The van der Waals surface area contributed by atoms with Crippen molar-refractivity contribution in [2.45, 2.75) is 45.4 Å². The predicted octanol–water partition coefficient (Wildman–Crippen LogP) is 3.87. The molecule has 114 valence electrons. The zero-order valence-electron chi connectivity index (χ0n) is 12.4. The summed E-state index contributed by atoms with van der Waals surface area (Å²) >= 11 is 0. The Morgan fingerprint density at radius 2 is 1.67 bits per heavy atom. The SMILES string of the molecule is C=C(C)C(=O)O.O=C(O)C(=CC1=CCCC1)C1=CCCC1. The fourth-order valence-electron chi connectivity index (χ4n) is 2.22. The average Bonchev–Trinajstić information content (AvgIpc) is 3.09. The summed E-state index contributed by atoms with van der Waals surface area (Å²) in [6.07, 6.45) is 12.4. The van der Waals surface area contributed by atoms with E-state index in [4.69, 9.17) is 10.2 Å². The summed E-state index contributed by atoms with van der Waals surface area (Å²) < 4.78 is 0. The number of carboxylic acid groups (broad SMARTS) is 2. The molecule has 0 aromatic heterocycles. The van der Waals surface area contributed by atoms with E-state index in [-0.39, 0.29) is 5.57 Å². The van der Waals surface area contributed by atoms with Crippen molar-refractivity contribution < 1.29 is 19.8 Å². The number of carboxylic acids is 2. The topological polar surface area (TPSA) is 74.6 Å². The van der Waals surface area contributed by atoms with Crippen molar-refractivity contribution in [3.63, 3.8) is 0 Å². The zero-order chi connectivity index (χ0) is 15.8. The van der Waals surface area contributed by atoms with Gasteiger partial charge >= 0.3 is 11.9 Å². The fraction of sp³-hybridized carbons (Fsp3) is 0.412. The Kier molecular flexibility index (Phi) is 6.66.